The van der Waals surface area contributed by atoms with Gasteiger partial charge in [-0.1, -0.05) is 5.16 Å². The molecule has 0 fully saturated rings. The number of rotatable bonds is 3. The van der Waals surface area contributed by atoms with Gasteiger partial charge in [-0.3, -0.25) is 4.98 Å². The van der Waals surface area contributed by atoms with Crippen LogP contribution in [0.1, 0.15) is 24.0 Å². The van der Waals surface area contributed by atoms with Gasteiger partial charge in [0.05, 0.1) is 11.8 Å². The van der Waals surface area contributed by atoms with Crippen LogP contribution in [0.5, 0.6) is 0 Å². The third-order valence-corrected chi connectivity index (χ3v) is 2.51. The van der Waals surface area contributed by atoms with Crippen LogP contribution < -0.4 is 0 Å². The maximum atomic E-state index is 10.2. The molecule has 1 aliphatic rings. The number of aromatic nitrogens is 1. The second kappa shape index (κ2) is 5.25. The van der Waals surface area contributed by atoms with Crippen LogP contribution in [0.15, 0.2) is 36.0 Å². The van der Waals surface area contributed by atoms with Crippen LogP contribution in [-0.4, -0.2) is 21.8 Å². The number of aryl methyl sites for hydroxylation is 1. The van der Waals surface area contributed by atoms with Crippen molar-refractivity contribution in [2.24, 2.45) is 5.16 Å². The van der Waals surface area contributed by atoms with E-state index in [0.717, 1.165) is 48.4 Å². The summed E-state index contributed by atoms with van der Waals surface area (Å²) in [6.07, 6.45) is 8.34. The summed E-state index contributed by atoms with van der Waals surface area (Å²) >= 11 is 0. The summed E-state index contributed by atoms with van der Waals surface area (Å²) in [4.78, 5) is 19.1. The number of nitrogens with zero attached hydrogens (tertiary/aromatic N) is 2. The monoisotopic (exact) mass is 232 g/mol. The Balaban J connectivity index is 2.12. The van der Waals surface area contributed by atoms with Crippen LogP contribution in [-0.2, 0) is 16.1 Å². The predicted octanol–water partition coefficient (Wildman–Crippen LogP) is 1.74. The van der Waals surface area contributed by atoms with E-state index in [0.29, 0.717) is 0 Å². The minimum atomic E-state index is -1.06. The zero-order chi connectivity index (χ0) is 12.1. The quantitative estimate of drug-likeness (QED) is 0.489. The molecule has 1 N–H and O–H groups in total. The Labute approximate surface area is 98.4 Å². The molecule has 1 aliphatic carbocycles. The van der Waals surface area contributed by atoms with Crippen molar-refractivity contribution in [1.29, 1.82) is 0 Å². The van der Waals surface area contributed by atoms with Gasteiger partial charge in [0.1, 0.15) is 6.26 Å². The van der Waals surface area contributed by atoms with E-state index >= 15 is 0 Å². The molecule has 0 atom stereocenters. The maximum absolute atomic E-state index is 10.2. The smallest absolute Gasteiger partial charge is 0.331 e. The Kier molecular flexibility index (Phi) is 3.49. The summed E-state index contributed by atoms with van der Waals surface area (Å²) in [7, 11) is 0. The molecular weight excluding hydrogens is 220 g/mol. The van der Waals surface area contributed by atoms with Crippen LogP contribution in [0.25, 0.3) is 0 Å². The van der Waals surface area contributed by atoms with Gasteiger partial charge < -0.3 is 9.94 Å². The normalized spacial score (nSPS) is 17.1. The molecular formula is C12H12N2O3. The number of hydrogen-bond acceptors (Lipinski definition) is 4. The Morgan fingerprint density at radius 3 is 3.24 bits per heavy atom. The summed E-state index contributed by atoms with van der Waals surface area (Å²) < 4.78 is 0. The standard InChI is InChI=1S/C12H12N2O3/c15-12(16)5-7-17-14-11-3-1-2-9-8-13-6-4-10(9)11/h4-8H,1-3H2,(H,15,16)/b7-5+,14-11+. The molecule has 1 aromatic heterocycles. The van der Waals surface area contributed by atoms with Crippen LogP contribution in [0.4, 0.5) is 0 Å². The second-order valence-electron chi connectivity index (χ2n) is 3.67. The Hall–Kier alpha value is -2.17. The van der Waals surface area contributed by atoms with E-state index < -0.39 is 5.97 Å². The first-order valence-electron chi connectivity index (χ1n) is 5.33. The average molecular weight is 232 g/mol. The van der Waals surface area contributed by atoms with Crippen LogP contribution in [0, 0.1) is 0 Å². The van der Waals surface area contributed by atoms with Gasteiger partial charge in [-0.15, -0.1) is 0 Å². The van der Waals surface area contributed by atoms with Crippen molar-refractivity contribution in [1.82, 2.24) is 4.98 Å². The molecule has 17 heavy (non-hydrogen) atoms. The number of carboxylic acids is 1. The molecule has 5 heteroatoms. The first kappa shape index (κ1) is 11.3. The fourth-order valence-corrected chi connectivity index (χ4v) is 1.77. The van der Waals surface area contributed by atoms with Crippen LogP contribution >= 0.6 is 0 Å². The Bertz CT molecular complexity index is 480. The molecule has 0 aliphatic heterocycles. The van der Waals surface area contributed by atoms with E-state index in [-0.39, 0.29) is 0 Å². The SMILES string of the molecule is O=C(O)/C=C/O/N=C1\CCCc2cnccc21. The lowest BCUT2D eigenvalue weighted by Crippen LogP contribution is -2.12. The van der Waals surface area contributed by atoms with Crippen molar-refractivity contribution in [3.8, 4) is 0 Å². The molecule has 0 saturated carbocycles. The molecule has 88 valence electrons. The van der Waals surface area contributed by atoms with E-state index in [2.05, 4.69) is 10.1 Å². The van der Waals surface area contributed by atoms with Gasteiger partial charge in [-0.05, 0) is 30.9 Å². The number of hydrogen-bond donors (Lipinski definition) is 1. The van der Waals surface area contributed by atoms with Gasteiger partial charge in [0, 0.05) is 18.0 Å². The highest BCUT2D eigenvalue weighted by Gasteiger charge is 2.15. The van der Waals surface area contributed by atoms with E-state index in [9.17, 15) is 4.79 Å². The van der Waals surface area contributed by atoms with Crippen molar-refractivity contribution >= 4 is 11.7 Å². The fraction of sp³-hybridized carbons (Fsp3) is 0.250. The predicted molar refractivity (Wildman–Crippen MR) is 61.6 cm³/mol. The minimum Gasteiger partial charge on any atom is -0.478 e. The Morgan fingerprint density at radius 2 is 2.41 bits per heavy atom. The van der Waals surface area contributed by atoms with Crippen molar-refractivity contribution in [2.75, 3.05) is 0 Å². The number of fused-ring (bicyclic) bond motifs is 1. The van der Waals surface area contributed by atoms with E-state index in [1.54, 1.807) is 6.20 Å². The summed E-state index contributed by atoms with van der Waals surface area (Å²) in [6.45, 7) is 0. The molecule has 0 amide bonds. The highest BCUT2D eigenvalue weighted by atomic mass is 16.6. The second-order valence-corrected chi connectivity index (χ2v) is 3.67. The van der Waals surface area contributed by atoms with E-state index in [4.69, 9.17) is 9.94 Å². The molecule has 1 aromatic rings. The van der Waals surface area contributed by atoms with E-state index in [1.165, 1.54) is 0 Å². The van der Waals surface area contributed by atoms with Crippen molar-refractivity contribution < 1.29 is 14.7 Å². The first-order chi connectivity index (χ1) is 8.27. The molecule has 0 bridgehead atoms. The van der Waals surface area contributed by atoms with Gasteiger partial charge in [0.15, 0.2) is 0 Å². The van der Waals surface area contributed by atoms with Gasteiger partial charge in [-0.25, -0.2) is 4.79 Å². The molecule has 0 saturated heterocycles. The van der Waals surface area contributed by atoms with Gasteiger partial charge in [0.2, 0.25) is 0 Å². The minimum absolute atomic E-state index is 0.831. The van der Waals surface area contributed by atoms with Gasteiger partial charge >= 0.3 is 5.97 Å². The lowest BCUT2D eigenvalue weighted by molar-refractivity contribution is -0.131. The zero-order valence-corrected chi connectivity index (χ0v) is 9.17. The van der Waals surface area contributed by atoms with Crippen molar-refractivity contribution in [3.05, 3.63) is 41.9 Å². The van der Waals surface area contributed by atoms with Crippen LogP contribution in [0.2, 0.25) is 0 Å². The number of carboxylic acid groups (broad SMARTS) is 1. The summed E-state index contributed by atoms with van der Waals surface area (Å²) in [5, 5.41) is 12.3. The first-order valence-corrected chi connectivity index (χ1v) is 5.33. The third kappa shape index (κ3) is 2.90. The lowest BCUT2D eigenvalue weighted by atomic mass is 9.92. The highest BCUT2D eigenvalue weighted by molar-refractivity contribution is 6.02. The number of carbonyl (C=O) groups is 1. The van der Waals surface area contributed by atoms with Gasteiger partial charge in [0.25, 0.3) is 0 Å². The van der Waals surface area contributed by atoms with Crippen LogP contribution in [0.3, 0.4) is 0 Å². The maximum Gasteiger partial charge on any atom is 0.331 e. The molecule has 0 unspecified atom stereocenters. The number of pyridine rings is 1. The highest BCUT2D eigenvalue weighted by Crippen LogP contribution is 2.20. The summed E-state index contributed by atoms with van der Waals surface area (Å²) in [6, 6.07) is 1.90. The summed E-state index contributed by atoms with van der Waals surface area (Å²) in [5.41, 5.74) is 3.03. The summed E-state index contributed by atoms with van der Waals surface area (Å²) in [5.74, 6) is -1.06. The van der Waals surface area contributed by atoms with Crippen molar-refractivity contribution in [2.45, 2.75) is 19.3 Å². The lowest BCUT2D eigenvalue weighted by Gasteiger charge is -2.15. The Morgan fingerprint density at radius 1 is 1.53 bits per heavy atom. The molecule has 5 nitrogen and oxygen atoms in total. The largest absolute Gasteiger partial charge is 0.478 e. The topological polar surface area (TPSA) is 71.8 Å². The fourth-order valence-electron chi connectivity index (χ4n) is 1.77. The zero-order valence-electron chi connectivity index (χ0n) is 9.17. The average Bonchev–Trinajstić information content (AvgIpc) is 2.34. The molecule has 1 heterocycles. The molecule has 2 rings (SSSR count). The van der Waals surface area contributed by atoms with Crippen molar-refractivity contribution in [3.63, 3.8) is 0 Å². The molecule has 0 spiro atoms. The number of oxime groups is 1. The molecule has 0 radical (unpaired) electrons. The van der Waals surface area contributed by atoms with E-state index in [1.807, 2.05) is 12.3 Å². The number of aliphatic carboxylic acids is 1. The third-order valence-electron chi connectivity index (χ3n) is 2.51. The van der Waals surface area contributed by atoms with Gasteiger partial charge in [-0.2, -0.15) is 0 Å². The molecule has 0 aromatic carbocycles.